The number of nitrogens with two attached hydrogens (primary N) is 1. The number of hydrogen-bond acceptors (Lipinski definition) is 1. The van der Waals surface area contributed by atoms with Crippen LogP contribution in [0.4, 0.5) is 8.78 Å². The molecule has 0 aromatic heterocycles. The van der Waals surface area contributed by atoms with Crippen LogP contribution in [0.3, 0.4) is 0 Å². The molecule has 0 spiro atoms. The van der Waals surface area contributed by atoms with Crippen LogP contribution in [0.5, 0.6) is 0 Å². The van der Waals surface area contributed by atoms with Gasteiger partial charge in [0.25, 0.3) is 0 Å². The fourth-order valence-corrected chi connectivity index (χ4v) is 2.88. The molecule has 0 amide bonds. The smallest absolute Gasteiger partial charge is 0.173 e. The molecule has 0 heterocycles. The zero-order valence-electron chi connectivity index (χ0n) is 8.90. The topological polar surface area (TPSA) is 26.0 Å². The SMILES string of the molecule is NCC1(c2ccc(Br)c(F)c2F)CCCC1. The maximum Gasteiger partial charge on any atom is 0.173 e. The monoisotopic (exact) mass is 289 g/mol. The second-order valence-corrected chi connectivity index (χ2v) is 5.27. The van der Waals surface area contributed by atoms with E-state index in [1.165, 1.54) is 0 Å². The number of hydrogen-bond donors (Lipinski definition) is 1. The molecule has 0 aliphatic heterocycles. The van der Waals surface area contributed by atoms with Crippen LogP contribution in [0.2, 0.25) is 0 Å². The Morgan fingerprint density at radius 2 is 1.81 bits per heavy atom. The third-order valence-corrected chi connectivity index (χ3v) is 4.17. The standard InChI is InChI=1S/C12H14BrF2N/c13-9-4-3-8(10(14)11(9)15)12(7-16)5-1-2-6-12/h3-4H,1-2,5-7,16H2. The average Bonchev–Trinajstić information content (AvgIpc) is 2.76. The van der Waals surface area contributed by atoms with Gasteiger partial charge in [0, 0.05) is 12.0 Å². The minimum Gasteiger partial charge on any atom is -0.330 e. The van der Waals surface area contributed by atoms with Gasteiger partial charge in [-0.2, -0.15) is 0 Å². The van der Waals surface area contributed by atoms with E-state index in [1.807, 2.05) is 0 Å². The summed E-state index contributed by atoms with van der Waals surface area (Å²) in [6, 6.07) is 3.21. The number of halogens is 3. The molecule has 0 unspecified atom stereocenters. The van der Waals surface area contributed by atoms with E-state index in [0.717, 1.165) is 25.7 Å². The van der Waals surface area contributed by atoms with Crippen LogP contribution in [0.25, 0.3) is 0 Å². The molecule has 1 aliphatic rings. The average molecular weight is 290 g/mol. The van der Waals surface area contributed by atoms with Gasteiger partial charge in [0.1, 0.15) is 0 Å². The van der Waals surface area contributed by atoms with E-state index in [2.05, 4.69) is 15.9 Å². The van der Waals surface area contributed by atoms with Crippen LogP contribution in [-0.2, 0) is 5.41 Å². The fraction of sp³-hybridized carbons (Fsp3) is 0.500. The van der Waals surface area contributed by atoms with Crippen molar-refractivity contribution in [1.29, 1.82) is 0 Å². The van der Waals surface area contributed by atoms with Crippen LogP contribution < -0.4 is 5.73 Å². The van der Waals surface area contributed by atoms with Gasteiger partial charge in [-0.3, -0.25) is 0 Å². The molecule has 1 nitrogen and oxygen atoms in total. The van der Waals surface area contributed by atoms with Crippen LogP contribution in [0.1, 0.15) is 31.2 Å². The second-order valence-electron chi connectivity index (χ2n) is 4.41. The van der Waals surface area contributed by atoms with Gasteiger partial charge in [0.05, 0.1) is 4.47 Å². The first kappa shape index (κ1) is 12.0. The first-order valence-corrected chi connectivity index (χ1v) is 6.24. The zero-order chi connectivity index (χ0) is 11.8. The van der Waals surface area contributed by atoms with Crippen LogP contribution >= 0.6 is 15.9 Å². The third-order valence-electron chi connectivity index (χ3n) is 3.56. The summed E-state index contributed by atoms with van der Waals surface area (Å²) in [6.07, 6.45) is 3.77. The molecule has 0 atom stereocenters. The summed E-state index contributed by atoms with van der Waals surface area (Å²) < 4.78 is 27.5. The van der Waals surface area contributed by atoms with Gasteiger partial charge < -0.3 is 5.73 Å². The fourth-order valence-electron chi connectivity index (χ4n) is 2.57. The highest BCUT2D eigenvalue weighted by molar-refractivity contribution is 9.10. The molecule has 16 heavy (non-hydrogen) atoms. The van der Waals surface area contributed by atoms with E-state index in [4.69, 9.17) is 5.73 Å². The lowest BCUT2D eigenvalue weighted by molar-refractivity contribution is 0.407. The molecule has 88 valence electrons. The van der Waals surface area contributed by atoms with E-state index in [9.17, 15) is 8.78 Å². The van der Waals surface area contributed by atoms with Crippen molar-refractivity contribution in [3.05, 3.63) is 33.8 Å². The molecule has 1 saturated carbocycles. The van der Waals surface area contributed by atoms with Crippen LogP contribution in [0.15, 0.2) is 16.6 Å². The lowest BCUT2D eigenvalue weighted by Crippen LogP contribution is -2.33. The van der Waals surface area contributed by atoms with Crippen molar-refractivity contribution in [1.82, 2.24) is 0 Å². The molecule has 1 fully saturated rings. The van der Waals surface area contributed by atoms with E-state index in [1.54, 1.807) is 12.1 Å². The van der Waals surface area contributed by atoms with Gasteiger partial charge in [-0.05, 0) is 40.4 Å². The first-order chi connectivity index (χ1) is 7.60. The Morgan fingerprint density at radius 1 is 1.19 bits per heavy atom. The van der Waals surface area contributed by atoms with E-state index in [-0.39, 0.29) is 9.89 Å². The Kier molecular flexibility index (Phi) is 3.31. The molecule has 2 rings (SSSR count). The largest absolute Gasteiger partial charge is 0.330 e. The quantitative estimate of drug-likeness (QED) is 0.829. The molecular formula is C12H14BrF2N. The molecule has 0 radical (unpaired) electrons. The molecule has 0 bridgehead atoms. The highest BCUT2D eigenvalue weighted by Gasteiger charge is 2.37. The van der Waals surface area contributed by atoms with Crippen molar-refractivity contribution in [3.63, 3.8) is 0 Å². The molecule has 0 saturated heterocycles. The minimum absolute atomic E-state index is 0.166. The summed E-state index contributed by atoms with van der Waals surface area (Å²) in [4.78, 5) is 0. The molecular weight excluding hydrogens is 276 g/mol. The van der Waals surface area contributed by atoms with Gasteiger partial charge in [-0.25, -0.2) is 8.78 Å². The van der Waals surface area contributed by atoms with Crippen LogP contribution in [-0.4, -0.2) is 6.54 Å². The van der Waals surface area contributed by atoms with Crippen molar-refractivity contribution < 1.29 is 8.78 Å². The van der Waals surface area contributed by atoms with Gasteiger partial charge in [0.2, 0.25) is 0 Å². The predicted octanol–water partition coefficient (Wildman–Crippen LogP) is 3.50. The van der Waals surface area contributed by atoms with Gasteiger partial charge in [-0.1, -0.05) is 18.9 Å². The van der Waals surface area contributed by atoms with Crippen molar-refractivity contribution >= 4 is 15.9 Å². The number of benzene rings is 1. The minimum atomic E-state index is -0.808. The van der Waals surface area contributed by atoms with Crippen molar-refractivity contribution in [2.75, 3.05) is 6.54 Å². The van der Waals surface area contributed by atoms with Gasteiger partial charge in [-0.15, -0.1) is 0 Å². The summed E-state index contributed by atoms with van der Waals surface area (Å²) in [6.45, 7) is 0.380. The van der Waals surface area contributed by atoms with Crippen LogP contribution in [0, 0.1) is 11.6 Å². The number of rotatable bonds is 2. The first-order valence-electron chi connectivity index (χ1n) is 5.45. The predicted molar refractivity (Wildman–Crippen MR) is 63.3 cm³/mol. The summed E-state index contributed by atoms with van der Waals surface area (Å²) in [5.41, 5.74) is 5.84. The second kappa shape index (κ2) is 4.41. The third kappa shape index (κ3) is 1.78. The molecule has 1 aromatic rings. The Hall–Kier alpha value is -0.480. The van der Waals surface area contributed by atoms with E-state index in [0.29, 0.717) is 12.1 Å². The Morgan fingerprint density at radius 3 is 2.38 bits per heavy atom. The maximum atomic E-state index is 13.9. The molecule has 2 N–H and O–H groups in total. The maximum absolute atomic E-state index is 13.9. The summed E-state index contributed by atoms with van der Waals surface area (Å²) in [5.74, 6) is -1.56. The van der Waals surface area contributed by atoms with Crippen molar-refractivity contribution in [3.8, 4) is 0 Å². The summed E-state index contributed by atoms with van der Waals surface area (Å²) >= 11 is 2.98. The normalized spacial score (nSPS) is 19.0. The lowest BCUT2D eigenvalue weighted by Gasteiger charge is -2.28. The van der Waals surface area contributed by atoms with Crippen molar-refractivity contribution in [2.24, 2.45) is 5.73 Å². The molecule has 4 heteroatoms. The van der Waals surface area contributed by atoms with Gasteiger partial charge >= 0.3 is 0 Å². The van der Waals surface area contributed by atoms with E-state index < -0.39 is 11.6 Å². The summed E-state index contributed by atoms with van der Waals surface area (Å²) in [5, 5.41) is 0. The Labute approximate surface area is 102 Å². The highest BCUT2D eigenvalue weighted by atomic mass is 79.9. The zero-order valence-corrected chi connectivity index (χ0v) is 10.5. The summed E-state index contributed by atoms with van der Waals surface area (Å²) in [7, 11) is 0. The highest BCUT2D eigenvalue weighted by Crippen LogP contribution is 2.42. The molecule has 1 aromatic carbocycles. The Balaban J connectivity index is 2.51. The Bertz CT molecular complexity index is 400. The molecule has 1 aliphatic carbocycles. The van der Waals surface area contributed by atoms with E-state index >= 15 is 0 Å². The van der Waals surface area contributed by atoms with Gasteiger partial charge in [0.15, 0.2) is 11.6 Å². The van der Waals surface area contributed by atoms with Crippen molar-refractivity contribution in [2.45, 2.75) is 31.1 Å². The lowest BCUT2D eigenvalue weighted by atomic mass is 9.78.